The van der Waals surface area contributed by atoms with Gasteiger partial charge in [-0.2, -0.15) is 13.2 Å². The van der Waals surface area contributed by atoms with Crippen molar-refractivity contribution in [2.45, 2.75) is 44.3 Å². The maximum absolute atomic E-state index is 12.7. The largest absolute Gasteiger partial charge is 0.416 e. The molecule has 1 spiro atoms. The van der Waals surface area contributed by atoms with Gasteiger partial charge in [0.25, 0.3) is 0 Å². The van der Waals surface area contributed by atoms with Crippen molar-refractivity contribution in [3.63, 3.8) is 0 Å². The summed E-state index contributed by atoms with van der Waals surface area (Å²) in [5.74, 6) is -0.546. The molecule has 8 heteroatoms. The topological polar surface area (TPSA) is 84.2 Å². The van der Waals surface area contributed by atoms with Crippen LogP contribution in [0.5, 0.6) is 0 Å². The minimum Gasteiger partial charge on any atom is -0.369 e. The summed E-state index contributed by atoms with van der Waals surface area (Å²) in [6, 6.07) is 4.91. The number of nitrogens with two attached hydrogens (primary N) is 1. The molecule has 3 rings (SSSR count). The normalized spacial score (nSPS) is 27.5. The van der Waals surface area contributed by atoms with Crippen molar-refractivity contribution >= 4 is 17.5 Å². The van der Waals surface area contributed by atoms with E-state index >= 15 is 0 Å². The lowest BCUT2D eigenvalue weighted by Crippen LogP contribution is -2.57. The molecule has 2 fully saturated rings. The lowest BCUT2D eigenvalue weighted by Gasteiger charge is -2.57. The number of nitrogens with one attached hydrogen (secondary N) is 2. The Morgan fingerprint density at radius 1 is 1.19 bits per heavy atom. The van der Waals surface area contributed by atoms with Gasteiger partial charge in [0, 0.05) is 30.6 Å². The van der Waals surface area contributed by atoms with Gasteiger partial charge in [-0.3, -0.25) is 9.59 Å². The fraction of sp³-hybridized carbons (Fsp3) is 0.556. The van der Waals surface area contributed by atoms with Crippen molar-refractivity contribution in [1.82, 2.24) is 5.32 Å². The number of amides is 2. The molecule has 1 aromatic rings. The van der Waals surface area contributed by atoms with Crippen LogP contribution in [0.25, 0.3) is 0 Å². The van der Waals surface area contributed by atoms with Crippen molar-refractivity contribution in [3.05, 3.63) is 29.8 Å². The SMILES string of the molecule is NC(=O)C1CC2(CC(NCCC(=O)Nc3cccc(C(F)(F)F)c3)C2)C1. The second kappa shape index (κ2) is 6.90. The van der Waals surface area contributed by atoms with E-state index in [2.05, 4.69) is 10.6 Å². The van der Waals surface area contributed by atoms with Crippen LogP contribution in [-0.4, -0.2) is 24.4 Å². The predicted molar refractivity (Wildman–Crippen MR) is 90.1 cm³/mol. The molecule has 0 bridgehead atoms. The van der Waals surface area contributed by atoms with E-state index in [9.17, 15) is 22.8 Å². The Hall–Kier alpha value is -2.09. The molecule has 26 heavy (non-hydrogen) atoms. The molecule has 0 radical (unpaired) electrons. The highest BCUT2D eigenvalue weighted by molar-refractivity contribution is 5.90. The molecule has 0 heterocycles. The molecule has 5 nitrogen and oxygen atoms in total. The van der Waals surface area contributed by atoms with Crippen LogP contribution in [0.3, 0.4) is 0 Å². The summed E-state index contributed by atoms with van der Waals surface area (Å²) < 4.78 is 38.0. The van der Waals surface area contributed by atoms with Crippen molar-refractivity contribution < 1.29 is 22.8 Å². The Labute approximate surface area is 149 Å². The van der Waals surface area contributed by atoms with E-state index in [4.69, 9.17) is 5.73 Å². The number of hydrogen-bond acceptors (Lipinski definition) is 3. The summed E-state index contributed by atoms with van der Waals surface area (Å²) in [6.07, 6.45) is -0.577. The summed E-state index contributed by atoms with van der Waals surface area (Å²) in [7, 11) is 0. The van der Waals surface area contributed by atoms with Crippen molar-refractivity contribution in [2.75, 3.05) is 11.9 Å². The van der Waals surface area contributed by atoms with Gasteiger partial charge in [0.2, 0.25) is 11.8 Å². The Morgan fingerprint density at radius 2 is 1.88 bits per heavy atom. The van der Waals surface area contributed by atoms with Gasteiger partial charge in [-0.15, -0.1) is 0 Å². The van der Waals surface area contributed by atoms with Crippen LogP contribution < -0.4 is 16.4 Å². The molecule has 2 aliphatic carbocycles. The average molecular weight is 369 g/mol. The first-order valence-electron chi connectivity index (χ1n) is 8.67. The van der Waals surface area contributed by atoms with Crippen LogP contribution in [0.2, 0.25) is 0 Å². The van der Waals surface area contributed by atoms with Crippen LogP contribution in [0.4, 0.5) is 18.9 Å². The molecular formula is C18H22F3N3O2. The Balaban J connectivity index is 1.35. The van der Waals surface area contributed by atoms with Gasteiger partial charge in [0.05, 0.1) is 5.56 Å². The number of alkyl halides is 3. The maximum atomic E-state index is 12.7. The van der Waals surface area contributed by atoms with Gasteiger partial charge < -0.3 is 16.4 Å². The number of benzene rings is 1. The quantitative estimate of drug-likeness (QED) is 0.721. The van der Waals surface area contributed by atoms with Crippen molar-refractivity contribution in [3.8, 4) is 0 Å². The standard InChI is InChI=1S/C18H22F3N3O2/c19-18(20,21)12-2-1-3-13(6-12)24-15(25)4-5-23-14-9-17(10-14)7-11(8-17)16(22)26/h1-3,6,11,14,23H,4-5,7-10H2,(H2,22,26)(H,24,25). The molecule has 0 aromatic heterocycles. The first-order chi connectivity index (χ1) is 12.2. The highest BCUT2D eigenvalue weighted by Gasteiger charge is 2.54. The third-order valence-corrected chi connectivity index (χ3v) is 5.38. The summed E-state index contributed by atoms with van der Waals surface area (Å²) >= 11 is 0. The van der Waals surface area contributed by atoms with Gasteiger partial charge >= 0.3 is 6.18 Å². The van der Waals surface area contributed by atoms with Crippen molar-refractivity contribution in [2.24, 2.45) is 17.1 Å². The molecule has 142 valence electrons. The molecule has 0 saturated heterocycles. The molecule has 2 aliphatic rings. The lowest BCUT2D eigenvalue weighted by atomic mass is 9.50. The molecule has 1 aromatic carbocycles. The number of carbonyl (C=O) groups excluding carboxylic acids is 2. The Morgan fingerprint density at radius 3 is 2.50 bits per heavy atom. The summed E-state index contributed by atoms with van der Waals surface area (Å²) in [5, 5.41) is 5.77. The van der Waals surface area contributed by atoms with Gasteiger partial charge in [-0.05, 0) is 49.3 Å². The van der Waals surface area contributed by atoms with E-state index in [1.807, 2.05) is 0 Å². The van der Waals surface area contributed by atoms with Gasteiger partial charge in [0.15, 0.2) is 0 Å². The number of carbonyl (C=O) groups is 2. The van der Waals surface area contributed by atoms with Gasteiger partial charge in [-0.1, -0.05) is 6.07 Å². The summed E-state index contributed by atoms with van der Waals surface area (Å²) in [4.78, 5) is 23.0. The zero-order chi connectivity index (χ0) is 18.9. The minimum atomic E-state index is -4.43. The zero-order valence-corrected chi connectivity index (χ0v) is 14.2. The molecule has 4 N–H and O–H groups in total. The highest BCUT2D eigenvalue weighted by atomic mass is 19.4. The van der Waals surface area contributed by atoms with E-state index in [1.165, 1.54) is 12.1 Å². The van der Waals surface area contributed by atoms with E-state index in [-0.39, 0.29) is 35.3 Å². The number of anilines is 1. The fourth-order valence-electron chi connectivity index (χ4n) is 4.04. The summed E-state index contributed by atoms with van der Waals surface area (Å²) in [5.41, 5.74) is 4.88. The lowest BCUT2D eigenvalue weighted by molar-refractivity contribution is -0.137. The second-order valence-corrected chi connectivity index (χ2v) is 7.44. The maximum Gasteiger partial charge on any atom is 0.416 e. The number of hydrogen-bond donors (Lipinski definition) is 3. The first kappa shape index (κ1) is 18.7. The number of rotatable bonds is 6. The zero-order valence-electron chi connectivity index (χ0n) is 14.2. The van der Waals surface area contributed by atoms with E-state index in [0.29, 0.717) is 12.6 Å². The van der Waals surface area contributed by atoms with E-state index in [0.717, 1.165) is 37.8 Å². The fourth-order valence-corrected chi connectivity index (χ4v) is 4.04. The minimum absolute atomic E-state index is 0.00851. The van der Waals surface area contributed by atoms with Crippen LogP contribution in [0.1, 0.15) is 37.7 Å². The molecule has 2 amide bonds. The van der Waals surface area contributed by atoms with Gasteiger partial charge in [0.1, 0.15) is 0 Å². The summed E-state index contributed by atoms with van der Waals surface area (Å²) in [6.45, 7) is 0.463. The Kier molecular flexibility index (Phi) is 4.96. The van der Waals surface area contributed by atoms with Crippen LogP contribution >= 0.6 is 0 Å². The Bertz CT molecular complexity index is 691. The van der Waals surface area contributed by atoms with E-state index in [1.54, 1.807) is 0 Å². The van der Waals surface area contributed by atoms with Crippen molar-refractivity contribution in [1.29, 1.82) is 0 Å². The second-order valence-electron chi connectivity index (χ2n) is 7.44. The number of halogens is 3. The molecule has 2 saturated carbocycles. The number of primary amides is 1. The van der Waals surface area contributed by atoms with E-state index < -0.39 is 11.7 Å². The molecular weight excluding hydrogens is 347 g/mol. The molecule has 0 atom stereocenters. The predicted octanol–water partition coefficient (Wildman–Crippen LogP) is 2.67. The highest BCUT2D eigenvalue weighted by Crippen LogP contribution is 2.58. The third kappa shape index (κ3) is 4.17. The van der Waals surface area contributed by atoms with Gasteiger partial charge in [-0.25, -0.2) is 0 Å². The third-order valence-electron chi connectivity index (χ3n) is 5.38. The molecule has 0 aliphatic heterocycles. The first-order valence-corrected chi connectivity index (χ1v) is 8.67. The molecule has 0 unspecified atom stereocenters. The van der Waals surface area contributed by atoms with Crippen LogP contribution in [-0.2, 0) is 15.8 Å². The van der Waals surface area contributed by atoms with Crippen LogP contribution in [0, 0.1) is 11.3 Å². The smallest absolute Gasteiger partial charge is 0.369 e. The monoisotopic (exact) mass is 369 g/mol. The average Bonchev–Trinajstić information content (AvgIpc) is 2.46. The van der Waals surface area contributed by atoms with Crippen LogP contribution in [0.15, 0.2) is 24.3 Å².